The maximum atomic E-state index is 13.8. The van der Waals surface area contributed by atoms with Gasteiger partial charge in [-0.3, -0.25) is 4.79 Å². The third-order valence-electron chi connectivity index (χ3n) is 7.89. The van der Waals surface area contributed by atoms with Crippen LogP contribution in [0, 0.1) is 29.4 Å². The molecule has 3 N–H and O–H groups in total. The molecule has 1 amide bonds. The molecule has 0 aliphatic heterocycles. The molecule has 2 bridgehead atoms. The van der Waals surface area contributed by atoms with Crippen molar-refractivity contribution in [1.82, 2.24) is 4.98 Å². The smallest absolute Gasteiger partial charge is 0.255 e. The predicted octanol–water partition coefficient (Wildman–Crippen LogP) is 5.00. The van der Waals surface area contributed by atoms with Gasteiger partial charge in [-0.15, -0.1) is 11.3 Å². The Hall–Kier alpha value is -2.44. The van der Waals surface area contributed by atoms with Gasteiger partial charge in [0, 0.05) is 28.9 Å². The molecule has 2 aromatic carbocycles. The van der Waals surface area contributed by atoms with Crippen molar-refractivity contribution in [2.45, 2.75) is 48.0 Å². The van der Waals surface area contributed by atoms with Gasteiger partial charge in [0.2, 0.25) is 0 Å². The van der Waals surface area contributed by atoms with Crippen LogP contribution in [0.2, 0.25) is 5.02 Å². The number of aliphatic hydroxyl groups excluding tert-OH is 1. The Kier molecular flexibility index (Phi) is 7.10. The van der Waals surface area contributed by atoms with Gasteiger partial charge >= 0.3 is 0 Å². The van der Waals surface area contributed by atoms with E-state index in [2.05, 4.69) is 10.3 Å². The molecule has 7 nitrogen and oxygen atoms in total. The lowest BCUT2D eigenvalue weighted by molar-refractivity contribution is -0.148. The molecule has 0 saturated heterocycles. The van der Waals surface area contributed by atoms with Crippen molar-refractivity contribution in [1.29, 1.82) is 0 Å². The van der Waals surface area contributed by atoms with Gasteiger partial charge in [-0.05, 0) is 67.3 Å². The minimum atomic E-state index is -4.04. The van der Waals surface area contributed by atoms with E-state index in [0.29, 0.717) is 11.4 Å². The standard InChI is InChI=1S/C26H25ClF2N2O5S2/c1-13-8-15-10-17(12-18(13)26(15,34)23(32)25-30-6-7-37-25)38(35,36)22-9-14(2-4-19(22)27)24(33)31-16-3-5-20(28)21(29)11-16/h2-7,9,11,13,15,17-18,23,32,34H,8,10,12H2,1H3,(H,31,33)/t13-,15?,17?,18?,23?,26+/m0/s1. The number of hydrogen-bond acceptors (Lipinski definition) is 7. The summed E-state index contributed by atoms with van der Waals surface area (Å²) in [5.41, 5.74) is -1.52. The minimum absolute atomic E-state index is 0.00387. The summed E-state index contributed by atoms with van der Waals surface area (Å²) in [7, 11) is -4.04. The van der Waals surface area contributed by atoms with E-state index in [1.165, 1.54) is 35.6 Å². The maximum Gasteiger partial charge on any atom is 0.255 e. The third kappa shape index (κ3) is 4.54. The number of carbonyl (C=O) groups excluding carboxylic acids is 1. The van der Waals surface area contributed by atoms with Gasteiger partial charge in [-0.25, -0.2) is 22.2 Å². The summed E-state index contributed by atoms with van der Waals surface area (Å²) in [5.74, 6) is -3.91. The molecule has 1 heterocycles. The lowest BCUT2D eigenvalue weighted by Crippen LogP contribution is -2.52. The Labute approximate surface area is 227 Å². The minimum Gasteiger partial charge on any atom is -0.386 e. The summed E-state index contributed by atoms with van der Waals surface area (Å²) in [6.45, 7) is 1.94. The number of hydrogen-bond donors (Lipinski definition) is 3. The lowest BCUT2D eigenvalue weighted by Gasteiger charge is -2.45. The molecule has 2 aliphatic carbocycles. The van der Waals surface area contributed by atoms with Gasteiger partial charge in [0.1, 0.15) is 16.7 Å². The Morgan fingerprint density at radius 1 is 1.18 bits per heavy atom. The monoisotopic (exact) mass is 582 g/mol. The van der Waals surface area contributed by atoms with E-state index < -0.39 is 56.2 Å². The molecule has 38 heavy (non-hydrogen) atoms. The molecule has 202 valence electrons. The van der Waals surface area contributed by atoms with Crippen LogP contribution in [0.1, 0.15) is 47.7 Å². The Morgan fingerprint density at radius 2 is 1.95 bits per heavy atom. The first kappa shape index (κ1) is 27.1. The number of aliphatic hydroxyl groups is 2. The fraction of sp³-hybridized carbons (Fsp3) is 0.385. The van der Waals surface area contributed by atoms with Crippen molar-refractivity contribution in [2.24, 2.45) is 17.8 Å². The quantitative estimate of drug-likeness (QED) is 0.377. The summed E-state index contributed by atoms with van der Waals surface area (Å²) in [6, 6.07) is 6.69. The Balaban J connectivity index is 1.41. The van der Waals surface area contributed by atoms with E-state index >= 15 is 0 Å². The second-order valence-corrected chi connectivity index (χ2v) is 13.6. The molecule has 6 atom stereocenters. The fourth-order valence-electron chi connectivity index (χ4n) is 6.03. The van der Waals surface area contributed by atoms with Crippen molar-refractivity contribution in [3.8, 4) is 0 Å². The van der Waals surface area contributed by atoms with Gasteiger partial charge in [-0.2, -0.15) is 0 Å². The third-order valence-corrected chi connectivity index (χ3v) is 11.4. The average molecular weight is 583 g/mol. The molecular formula is C26H25ClF2N2O5S2. The summed E-state index contributed by atoms with van der Waals surface area (Å²) in [6.07, 6.45) is 1.11. The molecule has 5 rings (SSSR count). The molecule has 3 aromatic rings. The molecule has 0 spiro atoms. The van der Waals surface area contributed by atoms with Crippen LogP contribution in [0.5, 0.6) is 0 Å². The number of benzene rings is 2. The highest BCUT2D eigenvalue weighted by Crippen LogP contribution is 2.59. The lowest BCUT2D eigenvalue weighted by atomic mass is 9.70. The Bertz CT molecular complexity index is 1490. The van der Waals surface area contributed by atoms with Crippen LogP contribution in [0.15, 0.2) is 52.9 Å². The highest BCUT2D eigenvalue weighted by molar-refractivity contribution is 7.92. The van der Waals surface area contributed by atoms with Crippen LogP contribution in [-0.4, -0.2) is 40.4 Å². The molecule has 2 fully saturated rings. The second-order valence-electron chi connectivity index (χ2n) is 10.0. The number of rotatable bonds is 6. The van der Waals surface area contributed by atoms with Crippen molar-refractivity contribution >= 4 is 44.4 Å². The number of amides is 1. The topological polar surface area (TPSA) is 117 Å². The summed E-state index contributed by atoms with van der Waals surface area (Å²) < 4.78 is 54.3. The zero-order valence-corrected chi connectivity index (χ0v) is 22.5. The number of anilines is 1. The SMILES string of the molecule is C[C@H]1CC2CC(S(=O)(=O)c3cc(C(=O)Nc4ccc(F)c(F)c4)ccc3Cl)CC1[C@@]2(O)C(O)c1nccs1. The molecule has 12 heteroatoms. The Morgan fingerprint density at radius 3 is 2.61 bits per heavy atom. The van der Waals surface area contributed by atoms with Gasteiger partial charge in [0.15, 0.2) is 21.5 Å². The first-order valence-electron chi connectivity index (χ1n) is 12.0. The molecule has 1 aromatic heterocycles. The molecule has 0 radical (unpaired) electrons. The van der Waals surface area contributed by atoms with Crippen LogP contribution in [0.3, 0.4) is 0 Å². The fourth-order valence-corrected chi connectivity index (χ4v) is 9.11. The molecule has 4 unspecified atom stereocenters. The van der Waals surface area contributed by atoms with Crippen molar-refractivity contribution in [3.05, 3.63) is 75.2 Å². The van der Waals surface area contributed by atoms with Gasteiger partial charge in [0.25, 0.3) is 5.91 Å². The van der Waals surface area contributed by atoms with E-state index in [1.807, 2.05) is 6.92 Å². The number of thiazole rings is 1. The highest BCUT2D eigenvalue weighted by atomic mass is 35.5. The summed E-state index contributed by atoms with van der Waals surface area (Å²) in [5, 5.41) is 26.3. The molecular weight excluding hydrogens is 558 g/mol. The largest absolute Gasteiger partial charge is 0.386 e. The molecule has 2 aliphatic rings. The van der Waals surface area contributed by atoms with Crippen LogP contribution < -0.4 is 5.32 Å². The van der Waals surface area contributed by atoms with Gasteiger partial charge < -0.3 is 15.5 Å². The zero-order valence-electron chi connectivity index (χ0n) is 20.1. The number of nitrogens with zero attached hydrogens (tertiary/aromatic N) is 1. The number of sulfone groups is 1. The van der Waals surface area contributed by atoms with Crippen molar-refractivity contribution < 1.29 is 32.2 Å². The van der Waals surface area contributed by atoms with Crippen LogP contribution in [0.25, 0.3) is 0 Å². The highest BCUT2D eigenvalue weighted by Gasteiger charge is 2.62. The van der Waals surface area contributed by atoms with Crippen molar-refractivity contribution in [3.63, 3.8) is 0 Å². The zero-order chi connectivity index (χ0) is 27.4. The predicted molar refractivity (Wildman–Crippen MR) is 139 cm³/mol. The van der Waals surface area contributed by atoms with E-state index in [4.69, 9.17) is 11.6 Å². The maximum absolute atomic E-state index is 13.8. The van der Waals surface area contributed by atoms with Gasteiger partial charge in [0.05, 0.1) is 15.2 Å². The number of carbonyl (C=O) groups is 1. The van der Waals surface area contributed by atoms with E-state index in [1.54, 1.807) is 11.6 Å². The van der Waals surface area contributed by atoms with Crippen LogP contribution in [0.4, 0.5) is 14.5 Å². The van der Waals surface area contributed by atoms with Crippen molar-refractivity contribution in [2.75, 3.05) is 5.32 Å². The first-order chi connectivity index (χ1) is 17.9. The van der Waals surface area contributed by atoms with Crippen LogP contribution >= 0.6 is 22.9 Å². The van der Waals surface area contributed by atoms with Crippen LogP contribution in [-0.2, 0) is 9.84 Å². The summed E-state index contributed by atoms with van der Waals surface area (Å²) >= 11 is 7.53. The number of nitrogens with one attached hydrogen (secondary N) is 1. The van der Waals surface area contributed by atoms with E-state index in [-0.39, 0.29) is 39.9 Å². The van der Waals surface area contributed by atoms with Gasteiger partial charge in [-0.1, -0.05) is 18.5 Å². The first-order valence-corrected chi connectivity index (χ1v) is 14.8. The number of aromatic nitrogens is 1. The number of halogens is 3. The molecule has 2 saturated carbocycles. The van der Waals surface area contributed by atoms with E-state index in [0.717, 1.165) is 12.1 Å². The summed E-state index contributed by atoms with van der Waals surface area (Å²) in [4.78, 5) is 16.7. The number of fused-ring (bicyclic) bond motifs is 2. The second kappa shape index (κ2) is 9.95. The van der Waals surface area contributed by atoms with E-state index in [9.17, 15) is 32.2 Å². The average Bonchev–Trinajstić information content (AvgIpc) is 3.44. The normalized spacial score (nSPS) is 27.7.